The summed E-state index contributed by atoms with van der Waals surface area (Å²) in [5, 5.41) is 13.0. The molecule has 5 rings (SSSR count). The molecule has 0 unspecified atom stereocenters. The van der Waals surface area contributed by atoms with Crippen LogP contribution in [0.1, 0.15) is 71.3 Å². The van der Waals surface area contributed by atoms with Crippen molar-refractivity contribution in [2.75, 3.05) is 0 Å². The van der Waals surface area contributed by atoms with Gasteiger partial charge in [0, 0.05) is 12.4 Å². The van der Waals surface area contributed by atoms with E-state index in [0.717, 1.165) is 36.3 Å². The summed E-state index contributed by atoms with van der Waals surface area (Å²) in [5.41, 5.74) is 7.25. The molecule has 0 saturated heterocycles. The molecule has 4 aliphatic rings. The Hall–Kier alpha value is -1.90. The van der Waals surface area contributed by atoms with E-state index in [4.69, 9.17) is 0 Å². The van der Waals surface area contributed by atoms with E-state index in [9.17, 15) is 5.21 Å². The van der Waals surface area contributed by atoms with Gasteiger partial charge < -0.3 is 5.21 Å². The van der Waals surface area contributed by atoms with Crippen molar-refractivity contribution in [2.24, 2.45) is 33.7 Å². The highest BCUT2D eigenvalue weighted by atomic mass is 16.4. The minimum absolute atomic E-state index is 0.291. The van der Waals surface area contributed by atoms with E-state index in [1.807, 2.05) is 6.20 Å². The molecule has 0 radical (unpaired) electrons. The van der Waals surface area contributed by atoms with Gasteiger partial charge in [-0.15, -0.1) is 0 Å². The molecular formula is C25H32N2O. The monoisotopic (exact) mass is 376 g/mol. The third kappa shape index (κ3) is 2.34. The molecule has 3 heteroatoms. The summed E-state index contributed by atoms with van der Waals surface area (Å²) in [6.45, 7) is 7.23. The lowest BCUT2D eigenvalue weighted by Gasteiger charge is -2.58. The zero-order chi connectivity index (χ0) is 19.5. The minimum Gasteiger partial charge on any atom is -0.411 e. The third-order valence-electron chi connectivity index (χ3n) is 9.11. The Labute approximate surface area is 168 Å². The lowest BCUT2D eigenvalue weighted by Crippen LogP contribution is -2.50. The molecule has 0 amide bonds. The van der Waals surface area contributed by atoms with Crippen molar-refractivity contribution >= 4 is 11.3 Å². The number of oxime groups is 1. The fraction of sp³-hybridized carbons (Fsp3) is 0.600. The molecule has 0 aliphatic heterocycles. The Morgan fingerprint density at radius 1 is 1.11 bits per heavy atom. The Morgan fingerprint density at radius 3 is 2.71 bits per heavy atom. The predicted molar refractivity (Wildman–Crippen MR) is 113 cm³/mol. The van der Waals surface area contributed by atoms with Crippen molar-refractivity contribution in [3.05, 3.63) is 47.3 Å². The summed E-state index contributed by atoms with van der Waals surface area (Å²) in [6, 6.07) is 4.31. The van der Waals surface area contributed by atoms with Crippen molar-refractivity contribution in [3.63, 3.8) is 0 Å². The van der Waals surface area contributed by atoms with E-state index in [2.05, 4.69) is 55.3 Å². The second-order valence-corrected chi connectivity index (χ2v) is 10.0. The van der Waals surface area contributed by atoms with Crippen LogP contribution in [-0.2, 0) is 0 Å². The predicted octanol–water partition coefficient (Wildman–Crippen LogP) is 6.26. The Bertz CT molecular complexity index is 883. The van der Waals surface area contributed by atoms with Crippen LogP contribution in [0.15, 0.2) is 46.9 Å². The quantitative estimate of drug-likeness (QED) is 0.464. The Balaban J connectivity index is 1.49. The standard InChI is InChI=1S/C25H32N2O/c1-16-19-7-6-18-21-9-8-20(17-5-4-14-26-15-17)25(21,3)12-10-22(18)24(19,2)13-11-23(16)27-28/h4-5,8,14-15,18,21-22,28H,6-7,9-13H2,1-3H3/b27-23+/t18-,21-,22-,24-,25+/m0/s1. The van der Waals surface area contributed by atoms with Crippen molar-refractivity contribution < 1.29 is 5.21 Å². The van der Waals surface area contributed by atoms with Crippen LogP contribution in [0.2, 0.25) is 0 Å². The molecule has 3 nitrogen and oxygen atoms in total. The molecule has 0 aromatic carbocycles. The first-order chi connectivity index (χ1) is 13.5. The molecule has 1 heterocycles. The van der Waals surface area contributed by atoms with E-state index in [1.165, 1.54) is 43.2 Å². The number of nitrogens with zero attached hydrogens (tertiary/aromatic N) is 2. The molecular weight excluding hydrogens is 344 g/mol. The fourth-order valence-electron chi connectivity index (χ4n) is 7.66. The van der Waals surface area contributed by atoms with E-state index < -0.39 is 0 Å². The van der Waals surface area contributed by atoms with Gasteiger partial charge in [-0.1, -0.05) is 36.7 Å². The molecule has 4 aliphatic carbocycles. The fourth-order valence-corrected chi connectivity index (χ4v) is 7.66. The lowest BCUT2D eigenvalue weighted by atomic mass is 9.46. The summed E-state index contributed by atoms with van der Waals surface area (Å²) in [7, 11) is 0. The highest BCUT2D eigenvalue weighted by Crippen LogP contribution is 2.67. The first-order valence-electron chi connectivity index (χ1n) is 11.0. The average Bonchev–Trinajstić information content (AvgIpc) is 3.06. The van der Waals surface area contributed by atoms with E-state index in [-0.39, 0.29) is 0 Å². The summed E-state index contributed by atoms with van der Waals surface area (Å²) in [6.07, 6.45) is 14.8. The lowest BCUT2D eigenvalue weighted by molar-refractivity contribution is -0.0196. The van der Waals surface area contributed by atoms with Gasteiger partial charge in [-0.05, 0) is 103 Å². The van der Waals surface area contributed by atoms with Crippen LogP contribution < -0.4 is 0 Å². The number of rotatable bonds is 1. The molecule has 1 N–H and O–H groups in total. The molecule has 2 fully saturated rings. The zero-order valence-corrected chi connectivity index (χ0v) is 17.4. The largest absolute Gasteiger partial charge is 0.411 e. The van der Waals surface area contributed by atoms with Crippen LogP contribution >= 0.6 is 0 Å². The molecule has 148 valence electrons. The molecule has 2 saturated carbocycles. The third-order valence-corrected chi connectivity index (χ3v) is 9.11. The molecule has 28 heavy (non-hydrogen) atoms. The smallest absolute Gasteiger partial charge is 0.0824 e. The Kier molecular flexibility index (Phi) is 4.08. The van der Waals surface area contributed by atoms with Gasteiger partial charge in [0.25, 0.3) is 0 Å². The van der Waals surface area contributed by atoms with Crippen LogP contribution in [0.4, 0.5) is 0 Å². The number of allylic oxidation sites excluding steroid dienone is 4. The first kappa shape index (κ1) is 18.1. The normalized spacial score (nSPS) is 41.3. The molecule has 0 spiro atoms. The SMILES string of the molecule is CC1=C2CC[C@@H]3[C@H](CC[C@]4(C)C(c5cccnc5)=CC[C@@H]34)[C@@]2(C)CC/C1=N\O. The van der Waals surface area contributed by atoms with Crippen LogP contribution in [0.25, 0.3) is 5.57 Å². The summed E-state index contributed by atoms with van der Waals surface area (Å²) in [4.78, 5) is 4.39. The second-order valence-electron chi connectivity index (χ2n) is 10.0. The number of fused-ring (bicyclic) bond motifs is 5. The number of hydrogen-bond acceptors (Lipinski definition) is 3. The van der Waals surface area contributed by atoms with Gasteiger partial charge in [0.05, 0.1) is 5.71 Å². The van der Waals surface area contributed by atoms with Crippen molar-refractivity contribution in [2.45, 2.75) is 65.7 Å². The van der Waals surface area contributed by atoms with Crippen molar-refractivity contribution in [3.8, 4) is 0 Å². The maximum Gasteiger partial charge on any atom is 0.0824 e. The second kappa shape index (κ2) is 6.30. The Morgan fingerprint density at radius 2 is 1.96 bits per heavy atom. The maximum atomic E-state index is 9.40. The van der Waals surface area contributed by atoms with E-state index >= 15 is 0 Å². The van der Waals surface area contributed by atoms with Gasteiger partial charge in [-0.25, -0.2) is 0 Å². The average molecular weight is 377 g/mol. The summed E-state index contributed by atoms with van der Waals surface area (Å²) >= 11 is 0. The van der Waals surface area contributed by atoms with Gasteiger partial charge in [0.1, 0.15) is 0 Å². The van der Waals surface area contributed by atoms with Crippen molar-refractivity contribution in [1.29, 1.82) is 0 Å². The number of aromatic nitrogens is 1. The molecule has 1 aromatic rings. The molecule has 0 bridgehead atoms. The zero-order valence-electron chi connectivity index (χ0n) is 17.4. The van der Waals surface area contributed by atoms with Gasteiger partial charge in [-0.2, -0.15) is 0 Å². The van der Waals surface area contributed by atoms with Gasteiger partial charge >= 0.3 is 0 Å². The number of hydrogen-bond donors (Lipinski definition) is 1. The highest BCUT2D eigenvalue weighted by Gasteiger charge is 2.57. The summed E-state index contributed by atoms with van der Waals surface area (Å²) in [5.74, 6) is 2.33. The van der Waals surface area contributed by atoms with Crippen LogP contribution in [0.3, 0.4) is 0 Å². The maximum absolute atomic E-state index is 9.40. The van der Waals surface area contributed by atoms with Gasteiger partial charge in [-0.3, -0.25) is 4.98 Å². The van der Waals surface area contributed by atoms with Gasteiger partial charge in [0.15, 0.2) is 0 Å². The van der Waals surface area contributed by atoms with E-state index in [0.29, 0.717) is 10.8 Å². The van der Waals surface area contributed by atoms with Crippen LogP contribution in [0.5, 0.6) is 0 Å². The topological polar surface area (TPSA) is 45.5 Å². The van der Waals surface area contributed by atoms with Crippen LogP contribution in [0, 0.1) is 28.6 Å². The van der Waals surface area contributed by atoms with E-state index in [1.54, 1.807) is 11.1 Å². The van der Waals surface area contributed by atoms with Crippen molar-refractivity contribution in [1.82, 2.24) is 4.98 Å². The molecule has 1 aromatic heterocycles. The highest BCUT2D eigenvalue weighted by molar-refractivity contribution is 6.01. The summed E-state index contributed by atoms with van der Waals surface area (Å²) < 4.78 is 0. The first-order valence-corrected chi connectivity index (χ1v) is 11.0. The molecule has 5 atom stereocenters. The van der Waals surface area contributed by atoms with Crippen LogP contribution in [-0.4, -0.2) is 15.9 Å². The number of pyridine rings is 1. The van der Waals surface area contributed by atoms with Gasteiger partial charge in [0.2, 0.25) is 0 Å². The minimum atomic E-state index is 0.291.